The average molecular weight is 688 g/mol. The second-order valence-electron chi connectivity index (χ2n) is 10.3. The number of methoxy groups -OCH3 is 1. The molecular weight excluding hydrogens is 662 g/mol. The number of imidazole rings is 2. The predicted octanol–water partition coefficient (Wildman–Crippen LogP) is -1.69. The Kier molecular flexibility index (Phi) is 7.70. The molecule has 8 N–H and O–H groups in total. The van der Waals surface area contributed by atoms with Crippen molar-refractivity contribution in [1.82, 2.24) is 39.0 Å². The molecule has 10 atom stereocenters. The molecule has 3 saturated heterocycles. The van der Waals surface area contributed by atoms with Gasteiger partial charge in [-0.1, -0.05) is 0 Å². The quantitative estimate of drug-likeness (QED) is 0.131. The van der Waals surface area contributed by atoms with Gasteiger partial charge in [-0.3, -0.25) is 37.0 Å². The number of aliphatic hydroxyl groups excluding tert-OH is 1. The number of hydrogen-bond acceptors (Lipinski definition) is 18. The van der Waals surface area contributed by atoms with Crippen LogP contribution < -0.4 is 17.0 Å². The largest absolute Gasteiger partial charge is 0.472 e. The Balaban J connectivity index is 1.22. The molecule has 23 nitrogen and oxygen atoms in total. The number of ether oxygens (including phenoxy) is 3. The first kappa shape index (κ1) is 31.2. The summed E-state index contributed by atoms with van der Waals surface area (Å²) < 4.78 is 67.7. The first-order valence-electron chi connectivity index (χ1n) is 13.3. The van der Waals surface area contributed by atoms with Crippen LogP contribution in [0, 0.1) is 0 Å². The number of fused-ring (bicyclic) bond motifs is 5. The molecule has 2 unspecified atom stereocenters. The standard InChI is InChI=1S/C21H26N10O13P2/c1-38-13-8-3-40-45(34,35)43-12-7(41-19(11(12)32)30-5-26-9-15(22)24-4-25-16(9)30)2-39-46(36,37)44-14(13)20(42-8)31-6-27-10-17(31)28-21(23)29-18(10)33/h4-8,11-14,19-20,32H,2-3H2,1H3,(H,34,35)(H,36,37)(H2,22,24,25)(H3,23,28,29,33)/t7-,8-,11-,12-,13-,14-,19-,20-/m1/s1. The van der Waals surface area contributed by atoms with Crippen LogP contribution in [-0.4, -0.2) is 111 Å². The third kappa shape index (κ3) is 5.39. The summed E-state index contributed by atoms with van der Waals surface area (Å²) in [5.41, 5.74) is 11.0. The van der Waals surface area contributed by atoms with E-state index in [0.29, 0.717) is 0 Å². The number of rotatable bonds is 3. The lowest BCUT2D eigenvalue weighted by Gasteiger charge is -2.26. The van der Waals surface area contributed by atoms with E-state index in [-0.39, 0.29) is 34.1 Å². The summed E-state index contributed by atoms with van der Waals surface area (Å²) in [6.45, 7) is -1.47. The van der Waals surface area contributed by atoms with E-state index in [1.165, 1.54) is 22.6 Å². The number of nitrogen functional groups attached to an aromatic ring is 2. The zero-order chi connectivity index (χ0) is 32.5. The highest BCUT2D eigenvalue weighted by Crippen LogP contribution is 2.54. The first-order valence-corrected chi connectivity index (χ1v) is 16.3. The van der Waals surface area contributed by atoms with Crippen LogP contribution in [0.3, 0.4) is 0 Å². The van der Waals surface area contributed by atoms with E-state index in [1.807, 2.05) is 0 Å². The number of nitrogens with one attached hydrogen (secondary N) is 1. The maximum Gasteiger partial charge on any atom is 0.472 e. The van der Waals surface area contributed by atoms with Crippen molar-refractivity contribution < 1.29 is 56.3 Å². The summed E-state index contributed by atoms with van der Waals surface area (Å²) in [5.74, 6) is -0.204. The fraction of sp³-hybridized carbons (Fsp3) is 0.524. The van der Waals surface area contributed by atoms with Crippen molar-refractivity contribution in [3.8, 4) is 0 Å². The monoisotopic (exact) mass is 688 g/mol. The lowest BCUT2D eigenvalue weighted by Crippen LogP contribution is -2.37. The number of phosphoric acid groups is 2. The number of phosphoric ester groups is 2. The molecule has 0 aromatic carbocycles. The molecule has 0 aliphatic carbocycles. The molecule has 2 bridgehead atoms. The van der Waals surface area contributed by atoms with Crippen LogP contribution in [0.1, 0.15) is 12.5 Å². The highest BCUT2D eigenvalue weighted by atomic mass is 31.2. The van der Waals surface area contributed by atoms with E-state index in [9.17, 15) is 28.8 Å². The third-order valence-corrected chi connectivity index (χ3v) is 9.54. The molecule has 46 heavy (non-hydrogen) atoms. The van der Waals surface area contributed by atoms with Crippen molar-refractivity contribution in [2.24, 2.45) is 0 Å². The van der Waals surface area contributed by atoms with Crippen molar-refractivity contribution >= 4 is 49.7 Å². The Morgan fingerprint density at radius 1 is 0.913 bits per heavy atom. The fourth-order valence-corrected chi connectivity index (χ4v) is 7.46. The number of aliphatic hydroxyl groups is 1. The van der Waals surface area contributed by atoms with Crippen LogP contribution in [-0.2, 0) is 41.4 Å². The Morgan fingerprint density at radius 2 is 1.54 bits per heavy atom. The van der Waals surface area contributed by atoms with Crippen molar-refractivity contribution in [3.63, 3.8) is 0 Å². The molecular formula is C21H26N10O13P2. The van der Waals surface area contributed by atoms with Crippen molar-refractivity contribution in [3.05, 3.63) is 29.3 Å². The molecule has 248 valence electrons. The van der Waals surface area contributed by atoms with Crippen molar-refractivity contribution in [2.45, 2.75) is 49.1 Å². The minimum absolute atomic E-state index is 0.0456. The average Bonchev–Trinajstić information content (AvgIpc) is 3.75. The molecule has 25 heteroatoms. The maximum atomic E-state index is 13.4. The molecule has 3 aliphatic heterocycles. The van der Waals surface area contributed by atoms with Gasteiger partial charge >= 0.3 is 15.6 Å². The number of aromatic amines is 1. The molecule has 4 aromatic heterocycles. The van der Waals surface area contributed by atoms with Crippen LogP contribution in [0.15, 0.2) is 23.8 Å². The molecule has 0 saturated carbocycles. The molecule has 7 heterocycles. The van der Waals surface area contributed by atoms with Gasteiger partial charge in [0.15, 0.2) is 35.1 Å². The van der Waals surface area contributed by atoms with Gasteiger partial charge in [0.1, 0.15) is 48.5 Å². The number of anilines is 2. The van der Waals surface area contributed by atoms with Crippen LogP contribution in [0.2, 0.25) is 0 Å². The fourth-order valence-electron chi connectivity index (χ4n) is 5.57. The van der Waals surface area contributed by atoms with Gasteiger partial charge in [-0.25, -0.2) is 29.1 Å². The molecule has 0 radical (unpaired) electrons. The summed E-state index contributed by atoms with van der Waals surface area (Å²) in [4.78, 5) is 56.3. The van der Waals surface area contributed by atoms with Gasteiger partial charge < -0.3 is 40.6 Å². The van der Waals surface area contributed by atoms with E-state index >= 15 is 0 Å². The number of nitrogens with zero attached hydrogens (tertiary/aromatic N) is 7. The Labute approximate surface area is 255 Å². The van der Waals surface area contributed by atoms with E-state index in [1.54, 1.807) is 0 Å². The smallest absolute Gasteiger partial charge is 0.386 e. The predicted molar refractivity (Wildman–Crippen MR) is 148 cm³/mol. The number of H-pyrrole nitrogens is 1. The zero-order valence-corrected chi connectivity index (χ0v) is 25.2. The topological polar surface area (TPSA) is 319 Å². The Bertz CT molecular complexity index is 1950. The molecule has 0 amide bonds. The summed E-state index contributed by atoms with van der Waals surface area (Å²) in [5, 5.41) is 11.2. The van der Waals surface area contributed by atoms with Crippen molar-refractivity contribution in [2.75, 3.05) is 31.8 Å². The van der Waals surface area contributed by atoms with Crippen LogP contribution in [0.4, 0.5) is 11.8 Å². The van der Waals surface area contributed by atoms with E-state index in [0.717, 1.165) is 12.7 Å². The molecule has 4 aromatic rings. The number of nitrogens with two attached hydrogens (primary N) is 2. The van der Waals surface area contributed by atoms with Crippen LogP contribution in [0.5, 0.6) is 0 Å². The van der Waals surface area contributed by atoms with Gasteiger partial charge in [0.2, 0.25) is 5.95 Å². The Hall–Kier alpha value is -3.44. The SMILES string of the molecule is CO[C@H]1[C@H]2OP(=O)(O)OC[C@H]3O[C@@H](n4cnc5c(N)ncnc54)[C@H](O)[C@@H]3OP(=O)(O)OC[C@H]1O[C@H]2n1cnc2c(=O)[nH]c(N)nc21. The zero-order valence-electron chi connectivity index (χ0n) is 23.4. The highest BCUT2D eigenvalue weighted by molar-refractivity contribution is 7.47. The van der Waals surface area contributed by atoms with Gasteiger partial charge in [-0.15, -0.1) is 0 Å². The van der Waals surface area contributed by atoms with Crippen molar-refractivity contribution in [1.29, 1.82) is 0 Å². The van der Waals surface area contributed by atoms with Crippen LogP contribution >= 0.6 is 15.6 Å². The molecule has 3 fully saturated rings. The Morgan fingerprint density at radius 3 is 2.26 bits per heavy atom. The highest BCUT2D eigenvalue weighted by Gasteiger charge is 2.54. The minimum Gasteiger partial charge on any atom is -0.386 e. The molecule has 7 rings (SSSR count). The van der Waals surface area contributed by atoms with Gasteiger partial charge in [-0.05, 0) is 0 Å². The number of hydrogen-bond donors (Lipinski definition) is 6. The molecule has 0 spiro atoms. The normalized spacial score (nSPS) is 37.1. The van der Waals surface area contributed by atoms with Crippen LogP contribution in [0.25, 0.3) is 22.3 Å². The third-order valence-electron chi connectivity index (χ3n) is 7.57. The van der Waals surface area contributed by atoms with Gasteiger partial charge in [0.25, 0.3) is 5.56 Å². The van der Waals surface area contributed by atoms with E-state index in [2.05, 4.69) is 29.9 Å². The first-order chi connectivity index (χ1) is 21.9. The lowest BCUT2D eigenvalue weighted by molar-refractivity contribution is -0.0673. The van der Waals surface area contributed by atoms with E-state index in [4.69, 9.17) is 43.8 Å². The minimum atomic E-state index is -5.05. The second-order valence-corrected chi connectivity index (χ2v) is 13.2. The molecule has 3 aliphatic rings. The number of aromatic nitrogens is 8. The summed E-state index contributed by atoms with van der Waals surface area (Å²) >= 11 is 0. The van der Waals surface area contributed by atoms with Gasteiger partial charge in [-0.2, -0.15) is 4.98 Å². The van der Waals surface area contributed by atoms with Gasteiger partial charge in [0.05, 0.1) is 25.9 Å². The summed E-state index contributed by atoms with van der Waals surface area (Å²) in [7, 11) is -8.83. The lowest BCUT2D eigenvalue weighted by atomic mass is 10.1. The van der Waals surface area contributed by atoms with E-state index < -0.39 is 83.5 Å². The summed E-state index contributed by atoms with van der Waals surface area (Å²) in [6.07, 6.45) is -7.85. The van der Waals surface area contributed by atoms with Gasteiger partial charge in [0, 0.05) is 7.11 Å². The maximum absolute atomic E-state index is 13.4. The second kappa shape index (κ2) is 11.4. The summed E-state index contributed by atoms with van der Waals surface area (Å²) in [6, 6.07) is 0.